The summed E-state index contributed by atoms with van der Waals surface area (Å²) in [5.41, 5.74) is 7.68. The summed E-state index contributed by atoms with van der Waals surface area (Å²) in [6, 6.07) is 12.7. The first-order valence-corrected chi connectivity index (χ1v) is 11.1. The molecule has 0 saturated heterocycles. The molecule has 2 aromatic rings. The number of hydrogen-bond acceptors (Lipinski definition) is 5. The van der Waals surface area contributed by atoms with Crippen LogP contribution in [0.4, 0.5) is 0 Å². The third kappa shape index (κ3) is 7.91. The third-order valence-corrected chi connectivity index (χ3v) is 5.56. The normalized spacial score (nSPS) is 13.5. The van der Waals surface area contributed by atoms with Crippen molar-refractivity contribution in [2.75, 3.05) is 7.05 Å². The van der Waals surface area contributed by atoms with E-state index < -0.39 is 35.9 Å². The summed E-state index contributed by atoms with van der Waals surface area (Å²) in [5, 5.41) is 21.8. The first kappa shape index (κ1) is 25.9. The average Bonchev–Trinajstić information content (AvgIpc) is 2.80. The highest BCUT2D eigenvalue weighted by Gasteiger charge is 2.32. The van der Waals surface area contributed by atoms with E-state index in [1.54, 1.807) is 12.1 Å². The molecule has 3 atom stereocenters. The highest BCUT2D eigenvalue weighted by molar-refractivity contribution is 5.92. The van der Waals surface area contributed by atoms with Crippen LogP contribution < -0.4 is 11.1 Å². The maximum absolute atomic E-state index is 13.3. The highest BCUT2D eigenvalue weighted by atomic mass is 16.4. The number of nitrogens with two attached hydrogens (primary N) is 1. The molecule has 0 heterocycles. The molecule has 0 aliphatic rings. The summed E-state index contributed by atoms with van der Waals surface area (Å²) in [5.74, 6) is -1.95. The van der Waals surface area contributed by atoms with Gasteiger partial charge in [0, 0.05) is 13.5 Å². The molecule has 8 heteroatoms. The van der Waals surface area contributed by atoms with Crippen LogP contribution in [-0.4, -0.2) is 58.1 Å². The molecule has 178 valence electrons. The lowest BCUT2D eigenvalue weighted by atomic mass is 10.0. The molecule has 2 aromatic carbocycles. The third-order valence-electron chi connectivity index (χ3n) is 5.56. The molecule has 8 nitrogen and oxygen atoms in total. The number of carbonyl (C=O) groups excluding carboxylic acids is 2. The fourth-order valence-electron chi connectivity index (χ4n) is 3.59. The molecule has 0 fully saturated rings. The van der Waals surface area contributed by atoms with Gasteiger partial charge in [0.2, 0.25) is 11.8 Å². The Bertz CT molecular complexity index is 917. The Morgan fingerprint density at radius 1 is 1.00 bits per heavy atom. The van der Waals surface area contributed by atoms with E-state index >= 15 is 0 Å². The summed E-state index contributed by atoms with van der Waals surface area (Å²) >= 11 is 0. The average molecular weight is 456 g/mol. The van der Waals surface area contributed by atoms with Crippen LogP contribution in [0.15, 0.2) is 54.6 Å². The van der Waals surface area contributed by atoms with Crippen molar-refractivity contribution in [2.45, 2.75) is 57.2 Å². The summed E-state index contributed by atoms with van der Waals surface area (Å²) in [6.07, 6.45) is 2.24. The number of phenolic OH excluding ortho intramolecular Hbond substituents is 1. The zero-order valence-corrected chi connectivity index (χ0v) is 19.1. The number of likely N-dealkylation sites (N-methyl/N-ethyl adjacent to an activating group) is 1. The predicted octanol–water partition coefficient (Wildman–Crippen LogP) is 2.09. The molecule has 0 unspecified atom stereocenters. The minimum atomic E-state index is -1.08. The van der Waals surface area contributed by atoms with Gasteiger partial charge in [-0.15, -0.1) is 0 Å². The largest absolute Gasteiger partial charge is 0.508 e. The second-order valence-electron chi connectivity index (χ2n) is 8.17. The molecule has 2 rings (SSSR count). The molecule has 0 aliphatic heterocycles. The number of phenols is 1. The molecule has 0 saturated carbocycles. The van der Waals surface area contributed by atoms with Crippen molar-refractivity contribution in [3.05, 3.63) is 65.7 Å². The van der Waals surface area contributed by atoms with E-state index in [9.17, 15) is 24.6 Å². The number of carbonyl (C=O) groups is 3. The van der Waals surface area contributed by atoms with Crippen LogP contribution >= 0.6 is 0 Å². The second kappa shape index (κ2) is 12.6. The van der Waals surface area contributed by atoms with Crippen LogP contribution in [0, 0.1) is 0 Å². The summed E-state index contributed by atoms with van der Waals surface area (Å²) in [4.78, 5) is 39.1. The Kier molecular flexibility index (Phi) is 9.87. The summed E-state index contributed by atoms with van der Waals surface area (Å²) < 4.78 is 0. The van der Waals surface area contributed by atoms with E-state index in [1.807, 2.05) is 37.3 Å². The maximum atomic E-state index is 13.3. The molecule has 0 radical (unpaired) electrons. The number of hydrogen-bond donors (Lipinski definition) is 4. The van der Waals surface area contributed by atoms with Gasteiger partial charge in [0.25, 0.3) is 0 Å². The van der Waals surface area contributed by atoms with Gasteiger partial charge in [-0.1, -0.05) is 62.2 Å². The van der Waals surface area contributed by atoms with Gasteiger partial charge in [0.15, 0.2) is 0 Å². The van der Waals surface area contributed by atoms with Crippen molar-refractivity contribution in [1.29, 1.82) is 0 Å². The molecule has 0 bridgehead atoms. The van der Waals surface area contributed by atoms with Gasteiger partial charge in [0.05, 0.1) is 6.04 Å². The molecule has 0 aromatic heterocycles. The number of nitrogens with one attached hydrogen (secondary N) is 1. The summed E-state index contributed by atoms with van der Waals surface area (Å²) in [6.45, 7) is 1.95. The van der Waals surface area contributed by atoms with Gasteiger partial charge in [-0.25, -0.2) is 4.79 Å². The number of aliphatic carboxylic acids is 1. The van der Waals surface area contributed by atoms with Crippen molar-refractivity contribution >= 4 is 17.8 Å². The van der Waals surface area contributed by atoms with Crippen LogP contribution in [-0.2, 0) is 27.2 Å². The zero-order chi connectivity index (χ0) is 24.4. The molecular formula is C25H33N3O5. The SMILES string of the molecule is CCCC[C@@H](C(=O)O)N(C)C(=O)[C@H](Cc1ccccc1)NC(=O)[C@@H](N)Cc1ccc(O)cc1. The Morgan fingerprint density at radius 2 is 1.61 bits per heavy atom. The standard InChI is InChI=1S/C25H33N3O5/c1-3-4-10-22(25(32)33)28(2)24(31)21(16-17-8-6-5-7-9-17)27-23(30)20(26)15-18-11-13-19(29)14-12-18/h5-9,11-14,20-22,29H,3-4,10,15-16,26H2,1-2H3,(H,27,30)(H,32,33)/t20-,21-,22-/m0/s1. The van der Waals surface area contributed by atoms with Gasteiger partial charge >= 0.3 is 5.97 Å². The highest BCUT2D eigenvalue weighted by Crippen LogP contribution is 2.14. The number of rotatable bonds is 12. The lowest BCUT2D eigenvalue weighted by Gasteiger charge is -2.30. The van der Waals surface area contributed by atoms with Crippen molar-refractivity contribution in [2.24, 2.45) is 5.73 Å². The Labute approximate surface area is 194 Å². The van der Waals surface area contributed by atoms with Crippen molar-refractivity contribution in [1.82, 2.24) is 10.2 Å². The van der Waals surface area contributed by atoms with E-state index in [0.29, 0.717) is 12.8 Å². The monoisotopic (exact) mass is 455 g/mol. The Balaban J connectivity index is 2.18. The van der Waals surface area contributed by atoms with Crippen molar-refractivity contribution in [3.63, 3.8) is 0 Å². The molecule has 33 heavy (non-hydrogen) atoms. The van der Waals surface area contributed by atoms with Gasteiger partial charge in [0.1, 0.15) is 17.8 Å². The zero-order valence-electron chi connectivity index (χ0n) is 19.1. The van der Waals surface area contributed by atoms with Crippen molar-refractivity contribution < 1.29 is 24.6 Å². The minimum Gasteiger partial charge on any atom is -0.508 e. The number of amides is 2. The van der Waals surface area contributed by atoms with Crippen molar-refractivity contribution in [3.8, 4) is 5.75 Å². The van der Waals surface area contributed by atoms with Crippen LogP contribution in [0.1, 0.15) is 37.3 Å². The predicted molar refractivity (Wildman–Crippen MR) is 126 cm³/mol. The van der Waals surface area contributed by atoms with Gasteiger partial charge in [-0.2, -0.15) is 0 Å². The maximum Gasteiger partial charge on any atom is 0.326 e. The van der Waals surface area contributed by atoms with Crippen LogP contribution in [0.3, 0.4) is 0 Å². The topological polar surface area (TPSA) is 133 Å². The van der Waals surface area contributed by atoms with Gasteiger partial charge in [-0.05, 0) is 36.1 Å². The van der Waals surface area contributed by atoms with E-state index in [2.05, 4.69) is 5.32 Å². The summed E-state index contributed by atoms with van der Waals surface area (Å²) in [7, 11) is 1.46. The quantitative estimate of drug-likeness (QED) is 0.387. The lowest BCUT2D eigenvalue weighted by Crippen LogP contribution is -2.56. The second-order valence-corrected chi connectivity index (χ2v) is 8.17. The number of carboxylic acids is 1. The van der Waals surface area contributed by atoms with E-state index in [1.165, 1.54) is 24.1 Å². The van der Waals surface area contributed by atoms with Crippen LogP contribution in [0.2, 0.25) is 0 Å². The van der Waals surface area contributed by atoms with E-state index in [-0.39, 0.29) is 18.6 Å². The number of unbranched alkanes of at least 4 members (excludes halogenated alkanes) is 1. The number of carboxylic acid groups (broad SMARTS) is 1. The first-order valence-electron chi connectivity index (χ1n) is 11.1. The molecule has 2 amide bonds. The molecule has 0 spiro atoms. The lowest BCUT2D eigenvalue weighted by molar-refractivity contribution is -0.150. The van der Waals surface area contributed by atoms with Crippen LogP contribution in [0.25, 0.3) is 0 Å². The van der Waals surface area contributed by atoms with E-state index in [0.717, 1.165) is 17.5 Å². The van der Waals surface area contributed by atoms with Gasteiger partial charge in [-0.3, -0.25) is 9.59 Å². The first-order chi connectivity index (χ1) is 15.7. The Morgan fingerprint density at radius 3 is 2.18 bits per heavy atom. The molecule has 0 aliphatic carbocycles. The number of benzene rings is 2. The number of aromatic hydroxyl groups is 1. The fraction of sp³-hybridized carbons (Fsp3) is 0.400. The minimum absolute atomic E-state index is 0.115. The molecular weight excluding hydrogens is 422 g/mol. The fourth-order valence-corrected chi connectivity index (χ4v) is 3.59. The van der Waals surface area contributed by atoms with E-state index in [4.69, 9.17) is 5.73 Å². The van der Waals surface area contributed by atoms with Crippen LogP contribution in [0.5, 0.6) is 5.75 Å². The smallest absolute Gasteiger partial charge is 0.326 e. The Hall–Kier alpha value is -3.39. The molecule has 5 N–H and O–H groups in total. The number of nitrogens with zero attached hydrogens (tertiary/aromatic N) is 1. The van der Waals surface area contributed by atoms with Gasteiger partial charge < -0.3 is 26.2 Å².